The van der Waals surface area contributed by atoms with E-state index in [2.05, 4.69) is 4.98 Å². The van der Waals surface area contributed by atoms with Gasteiger partial charge < -0.3 is 15.4 Å². The fraction of sp³-hybridized carbons (Fsp3) is 0.385. The molecule has 0 aliphatic rings. The first-order chi connectivity index (χ1) is 8.56. The molecular weight excluding hydrogens is 230 g/mol. The smallest absolute Gasteiger partial charge is 0.326 e. The summed E-state index contributed by atoms with van der Waals surface area (Å²) in [5, 5.41) is 9.32. The van der Waals surface area contributed by atoms with Crippen LogP contribution in [-0.2, 0) is 4.79 Å². The molecule has 0 saturated carbocycles. The Kier molecular flexibility index (Phi) is 3.34. The van der Waals surface area contributed by atoms with Crippen molar-refractivity contribution in [2.24, 2.45) is 5.73 Å². The molecule has 2 aromatic rings. The number of fused-ring (bicyclic) bond motifs is 1. The third-order valence-corrected chi connectivity index (χ3v) is 3.01. The van der Waals surface area contributed by atoms with E-state index in [0.29, 0.717) is 12.2 Å². The molecule has 0 aliphatic carbocycles. The molecule has 96 valence electrons. The van der Waals surface area contributed by atoms with E-state index in [0.717, 1.165) is 11.0 Å². The molecule has 1 heterocycles. The predicted octanol–water partition coefficient (Wildman–Crippen LogP) is 2.09. The number of carboxylic acid groups (broad SMARTS) is 1. The topological polar surface area (TPSA) is 81.1 Å². The van der Waals surface area contributed by atoms with Crippen molar-refractivity contribution in [2.75, 3.05) is 0 Å². The summed E-state index contributed by atoms with van der Waals surface area (Å²) in [5.74, 6) is -0.243. The maximum Gasteiger partial charge on any atom is 0.326 e. The lowest BCUT2D eigenvalue weighted by atomic mass is 10.2. The summed E-state index contributed by atoms with van der Waals surface area (Å²) in [6.45, 7) is 3.66. The summed E-state index contributed by atoms with van der Waals surface area (Å²) >= 11 is 0. The van der Waals surface area contributed by atoms with Crippen molar-refractivity contribution in [3.05, 3.63) is 30.1 Å². The Morgan fingerprint density at radius 1 is 1.50 bits per heavy atom. The number of carbonyl (C=O) groups is 1. The molecular formula is C13H17N3O2. The first kappa shape index (κ1) is 12.6. The van der Waals surface area contributed by atoms with Crippen molar-refractivity contribution >= 4 is 17.0 Å². The minimum Gasteiger partial charge on any atom is -0.480 e. The van der Waals surface area contributed by atoms with Crippen LogP contribution in [0.25, 0.3) is 11.0 Å². The molecule has 0 fully saturated rings. The number of hydrogen-bond donors (Lipinski definition) is 2. The van der Waals surface area contributed by atoms with Gasteiger partial charge in [-0.05, 0) is 25.5 Å². The van der Waals surface area contributed by atoms with Crippen molar-refractivity contribution < 1.29 is 9.90 Å². The Morgan fingerprint density at radius 3 is 2.72 bits per heavy atom. The summed E-state index contributed by atoms with van der Waals surface area (Å²) < 4.78 is 1.74. The lowest BCUT2D eigenvalue weighted by molar-refractivity contribution is -0.140. The zero-order chi connectivity index (χ0) is 13.3. The highest BCUT2D eigenvalue weighted by molar-refractivity contribution is 5.80. The Labute approximate surface area is 105 Å². The Hall–Kier alpha value is -1.88. The number of hydrogen-bond acceptors (Lipinski definition) is 3. The van der Waals surface area contributed by atoms with Crippen LogP contribution in [0, 0.1) is 0 Å². The largest absolute Gasteiger partial charge is 0.480 e. The Morgan fingerprint density at radius 2 is 2.17 bits per heavy atom. The van der Waals surface area contributed by atoms with Crippen molar-refractivity contribution in [3.63, 3.8) is 0 Å². The summed E-state index contributed by atoms with van der Waals surface area (Å²) in [5.41, 5.74) is 7.50. The summed E-state index contributed by atoms with van der Waals surface area (Å²) in [6.07, 6.45) is 0.495. The van der Waals surface area contributed by atoms with Crippen LogP contribution in [0.3, 0.4) is 0 Å². The van der Waals surface area contributed by atoms with Crippen LogP contribution in [0.15, 0.2) is 24.3 Å². The van der Waals surface area contributed by atoms with E-state index in [1.807, 2.05) is 38.1 Å². The minimum atomic E-state index is -0.859. The van der Waals surface area contributed by atoms with Crippen LogP contribution >= 0.6 is 0 Å². The number of para-hydroxylation sites is 2. The summed E-state index contributed by atoms with van der Waals surface area (Å²) in [7, 11) is 0. The molecule has 5 nitrogen and oxygen atoms in total. The van der Waals surface area contributed by atoms with Gasteiger partial charge in [-0.3, -0.25) is 0 Å². The highest BCUT2D eigenvalue weighted by Gasteiger charge is 2.24. The number of carboxylic acids is 1. The van der Waals surface area contributed by atoms with Crippen LogP contribution in [0.4, 0.5) is 0 Å². The molecule has 0 amide bonds. The Balaban J connectivity index is 2.72. The van der Waals surface area contributed by atoms with Gasteiger partial charge in [-0.2, -0.15) is 0 Å². The highest BCUT2D eigenvalue weighted by Crippen LogP contribution is 2.26. The van der Waals surface area contributed by atoms with E-state index in [-0.39, 0.29) is 6.04 Å². The van der Waals surface area contributed by atoms with Crippen LogP contribution in [0.5, 0.6) is 0 Å². The van der Waals surface area contributed by atoms with Gasteiger partial charge in [0.15, 0.2) is 0 Å². The molecule has 3 N–H and O–H groups in total. The third-order valence-electron chi connectivity index (χ3n) is 3.01. The van der Waals surface area contributed by atoms with Gasteiger partial charge in [-0.1, -0.05) is 19.1 Å². The van der Waals surface area contributed by atoms with Crippen molar-refractivity contribution in [1.29, 1.82) is 0 Å². The molecule has 2 atom stereocenters. The maximum atomic E-state index is 11.4. The number of nitrogens with zero attached hydrogens (tertiary/aromatic N) is 2. The molecule has 0 spiro atoms. The van der Waals surface area contributed by atoms with E-state index in [9.17, 15) is 9.90 Å². The molecule has 0 radical (unpaired) electrons. The number of nitrogens with two attached hydrogens (primary N) is 1. The average Bonchev–Trinajstić information content (AvgIpc) is 2.70. The zero-order valence-electron chi connectivity index (χ0n) is 10.5. The van der Waals surface area contributed by atoms with E-state index < -0.39 is 12.0 Å². The first-order valence-corrected chi connectivity index (χ1v) is 6.01. The van der Waals surface area contributed by atoms with E-state index in [4.69, 9.17) is 5.73 Å². The standard InChI is InChI=1S/C13H17N3O2/c1-3-10(13(17)18)16-11-7-5-4-6-9(11)15-12(16)8(2)14/h4-8,10H,3,14H2,1-2H3,(H,17,18). The minimum absolute atomic E-state index is 0.300. The van der Waals surface area contributed by atoms with E-state index in [1.165, 1.54) is 0 Å². The normalized spacial score (nSPS) is 14.6. The monoisotopic (exact) mass is 247 g/mol. The van der Waals surface area contributed by atoms with Gasteiger partial charge in [0.1, 0.15) is 11.9 Å². The van der Waals surface area contributed by atoms with Gasteiger partial charge in [0.25, 0.3) is 0 Å². The second kappa shape index (κ2) is 4.78. The van der Waals surface area contributed by atoms with Gasteiger partial charge >= 0.3 is 5.97 Å². The fourth-order valence-electron chi connectivity index (χ4n) is 2.18. The molecule has 0 aliphatic heterocycles. The van der Waals surface area contributed by atoms with Crippen LogP contribution in [0.1, 0.15) is 38.2 Å². The van der Waals surface area contributed by atoms with Gasteiger partial charge in [-0.15, -0.1) is 0 Å². The second-order valence-electron chi connectivity index (χ2n) is 4.38. The van der Waals surface area contributed by atoms with Crippen molar-refractivity contribution in [3.8, 4) is 0 Å². The van der Waals surface area contributed by atoms with Crippen LogP contribution < -0.4 is 5.73 Å². The Bertz CT molecular complexity index is 575. The molecule has 2 rings (SSSR count). The molecule has 1 aromatic carbocycles. The number of aliphatic carboxylic acids is 1. The van der Waals surface area contributed by atoms with E-state index in [1.54, 1.807) is 4.57 Å². The highest BCUT2D eigenvalue weighted by atomic mass is 16.4. The lowest BCUT2D eigenvalue weighted by Crippen LogP contribution is -2.23. The van der Waals surface area contributed by atoms with Gasteiger partial charge in [0.05, 0.1) is 17.1 Å². The third kappa shape index (κ3) is 1.97. The van der Waals surface area contributed by atoms with Gasteiger partial charge in [0, 0.05) is 0 Å². The number of aromatic nitrogens is 2. The molecule has 0 saturated heterocycles. The quantitative estimate of drug-likeness (QED) is 0.866. The molecule has 2 unspecified atom stereocenters. The second-order valence-corrected chi connectivity index (χ2v) is 4.38. The summed E-state index contributed by atoms with van der Waals surface area (Å²) in [6, 6.07) is 6.57. The zero-order valence-corrected chi connectivity index (χ0v) is 10.5. The van der Waals surface area contributed by atoms with E-state index >= 15 is 0 Å². The molecule has 1 aromatic heterocycles. The van der Waals surface area contributed by atoms with Crippen LogP contribution in [-0.4, -0.2) is 20.6 Å². The SMILES string of the molecule is CCC(C(=O)O)n1c(C(C)N)nc2ccccc21. The number of rotatable bonds is 4. The lowest BCUT2D eigenvalue weighted by Gasteiger charge is -2.17. The first-order valence-electron chi connectivity index (χ1n) is 6.01. The van der Waals surface area contributed by atoms with Gasteiger partial charge in [0.2, 0.25) is 0 Å². The van der Waals surface area contributed by atoms with Crippen molar-refractivity contribution in [1.82, 2.24) is 9.55 Å². The van der Waals surface area contributed by atoms with Gasteiger partial charge in [-0.25, -0.2) is 9.78 Å². The number of benzene rings is 1. The van der Waals surface area contributed by atoms with Crippen LogP contribution in [0.2, 0.25) is 0 Å². The average molecular weight is 247 g/mol. The van der Waals surface area contributed by atoms with Crippen molar-refractivity contribution in [2.45, 2.75) is 32.4 Å². The maximum absolute atomic E-state index is 11.4. The predicted molar refractivity (Wildman–Crippen MR) is 69.3 cm³/mol. The molecule has 5 heteroatoms. The summed E-state index contributed by atoms with van der Waals surface area (Å²) in [4.78, 5) is 15.8. The fourth-order valence-corrected chi connectivity index (χ4v) is 2.18. The molecule has 0 bridgehead atoms. The molecule has 18 heavy (non-hydrogen) atoms. The number of imidazole rings is 1.